The van der Waals surface area contributed by atoms with Gasteiger partial charge in [0.25, 0.3) is 5.91 Å². The normalized spacial score (nSPS) is 17.4. The number of anilines is 1. The Morgan fingerprint density at radius 2 is 1.66 bits per heavy atom. The van der Waals surface area contributed by atoms with E-state index in [-0.39, 0.29) is 30.1 Å². The van der Waals surface area contributed by atoms with E-state index in [9.17, 15) is 19.5 Å². The number of hydrogen-bond acceptors (Lipinski definition) is 4. The number of rotatable bonds is 12. The van der Waals surface area contributed by atoms with Crippen molar-refractivity contribution in [2.24, 2.45) is 17.8 Å². The number of benzene rings is 2. The molecule has 0 spiro atoms. The van der Waals surface area contributed by atoms with Gasteiger partial charge in [-0.3, -0.25) is 14.4 Å². The van der Waals surface area contributed by atoms with Crippen molar-refractivity contribution in [2.75, 3.05) is 18.0 Å². The molecule has 2 aromatic carbocycles. The second-order valence-electron chi connectivity index (χ2n) is 13.5. The second-order valence-corrected chi connectivity index (χ2v) is 13.5. The minimum Gasteiger partial charge on any atom is -0.391 e. The number of carbonyl (C=O) groups is 3. The molecule has 44 heavy (non-hydrogen) atoms. The van der Waals surface area contributed by atoms with Gasteiger partial charge < -0.3 is 20.6 Å². The molecule has 3 atom stereocenters. The number of nitrogens with zero attached hydrogens (tertiary/aromatic N) is 1. The van der Waals surface area contributed by atoms with Crippen LogP contribution in [0.3, 0.4) is 0 Å². The van der Waals surface area contributed by atoms with Gasteiger partial charge in [0.2, 0.25) is 11.8 Å². The fraction of sp³-hybridized carbons (Fsp3) is 0.595. The average molecular weight is 606 g/mol. The maximum atomic E-state index is 13.5. The summed E-state index contributed by atoms with van der Waals surface area (Å²) in [4.78, 5) is 40.3. The van der Waals surface area contributed by atoms with E-state index in [1.165, 1.54) is 32.1 Å². The summed E-state index contributed by atoms with van der Waals surface area (Å²) in [5.74, 6) is 0.856. The minimum atomic E-state index is -0.910. The number of aliphatic hydroxyl groups is 1. The smallest absolute Gasteiger partial charge is 0.251 e. The summed E-state index contributed by atoms with van der Waals surface area (Å²) in [7, 11) is 0. The molecule has 2 unspecified atom stereocenters. The first-order chi connectivity index (χ1) is 21.0. The number of amides is 3. The number of aliphatic hydroxyl groups excluding tert-OH is 1. The van der Waals surface area contributed by atoms with Crippen molar-refractivity contribution in [1.29, 1.82) is 0 Å². The van der Waals surface area contributed by atoms with Crippen LogP contribution in [0, 0.1) is 24.7 Å². The highest BCUT2D eigenvalue weighted by atomic mass is 16.3. The van der Waals surface area contributed by atoms with Gasteiger partial charge in [-0.1, -0.05) is 90.1 Å². The SMILES string of the molecule is CC(C)C.Cc1cc(C(=O)N[C@@H](Cc2ccccc2)C(O)CC(C)C(=O)NCCC2CCCCC2)cc(N2CCCC2=O)c1. The van der Waals surface area contributed by atoms with Crippen molar-refractivity contribution in [3.8, 4) is 0 Å². The summed E-state index contributed by atoms with van der Waals surface area (Å²) in [6.45, 7) is 11.6. The monoisotopic (exact) mass is 605 g/mol. The first-order valence-electron chi connectivity index (χ1n) is 16.8. The van der Waals surface area contributed by atoms with E-state index in [0.717, 1.165) is 35.6 Å². The first kappa shape index (κ1) is 35.3. The Balaban J connectivity index is 0.00000124. The molecule has 1 saturated carbocycles. The molecule has 2 aromatic rings. The molecular weight excluding hydrogens is 550 g/mol. The van der Waals surface area contributed by atoms with Crippen LogP contribution in [0.2, 0.25) is 0 Å². The summed E-state index contributed by atoms with van der Waals surface area (Å²) in [6, 6.07) is 14.6. The molecular formula is C37H55N3O4. The molecule has 0 radical (unpaired) electrons. The van der Waals surface area contributed by atoms with Crippen LogP contribution in [-0.4, -0.2) is 48.1 Å². The average Bonchev–Trinajstić information content (AvgIpc) is 3.43. The molecule has 0 aromatic heterocycles. The van der Waals surface area contributed by atoms with Crippen molar-refractivity contribution in [3.63, 3.8) is 0 Å². The molecule has 1 saturated heterocycles. The Labute approximate surface area is 265 Å². The number of hydrogen-bond donors (Lipinski definition) is 3. The highest BCUT2D eigenvalue weighted by Crippen LogP contribution is 2.26. The quantitative estimate of drug-likeness (QED) is 0.254. The molecule has 4 rings (SSSR count). The highest BCUT2D eigenvalue weighted by Gasteiger charge is 2.28. The second kappa shape index (κ2) is 17.9. The van der Waals surface area contributed by atoms with Crippen LogP contribution in [0.5, 0.6) is 0 Å². The van der Waals surface area contributed by atoms with Crippen LogP contribution >= 0.6 is 0 Å². The fourth-order valence-corrected chi connectivity index (χ4v) is 6.06. The van der Waals surface area contributed by atoms with Crippen LogP contribution in [0.25, 0.3) is 0 Å². The van der Waals surface area contributed by atoms with E-state index in [2.05, 4.69) is 31.4 Å². The Kier molecular flexibility index (Phi) is 14.4. The number of aryl methyl sites for hydroxylation is 1. The lowest BCUT2D eigenvalue weighted by molar-refractivity contribution is -0.125. The number of carbonyl (C=O) groups excluding carboxylic acids is 3. The zero-order valence-electron chi connectivity index (χ0n) is 27.6. The van der Waals surface area contributed by atoms with Gasteiger partial charge in [0.1, 0.15) is 0 Å². The molecule has 1 aliphatic carbocycles. The van der Waals surface area contributed by atoms with E-state index in [4.69, 9.17) is 0 Å². The summed E-state index contributed by atoms with van der Waals surface area (Å²) < 4.78 is 0. The molecule has 3 N–H and O–H groups in total. The maximum absolute atomic E-state index is 13.5. The van der Waals surface area contributed by atoms with Crippen LogP contribution in [0.4, 0.5) is 5.69 Å². The van der Waals surface area contributed by atoms with E-state index >= 15 is 0 Å². The van der Waals surface area contributed by atoms with Crippen LogP contribution in [0.15, 0.2) is 48.5 Å². The van der Waals surface area contributed by atoms with Gasteiger partial charge in [0.15, 0.2) is 0 Å². The van der Waals surface area contributed by atoms with E-state index in [0.29, 0.717) is 37.4 Å². The third-order valence-corrected chi connectivity index (χ3v) is 8.41. The predicted octanol–water partition coefficient (Wildman–Crippen LogP) is 6.60. The first-order valence-corrected chi connectivity index (χ1v) is 16.8. The zero-order valence-corrected chi connectivity index (χ0v) is 27.6. The van der Waals surface area contributed by atoms with Crippen molar-refractivity contribution in [1.82, 2.24) is 10.6 Å². The third-order valence-electron chi connectivity index (χ3n) is 8.41. The van der Waals surface area contributed by atoms with Crippen molar-refractivity contribution >= 4 is 23.4 Å². The molecule has 2 aliphatic rings. The predicted molar refractivity (Wildman–Crippen MR) is 179 cm³/mol. The fourth-order valence-electron chi connectivity index (χ4n) is 6.06. The zero-order chi connectivity index (χ0) is 32.1. The lowest BCUT2D eigenvalue weighted by Crippen LogP contribution is -2.46. The third kappa shape index (κ3) is 11.7. The molecule has 1 heterocycles. The van der Waals surface area contributed by atoms with Gasteiger partial charge in [0.05, 0.1) is 12.1 Å². The molecule has 0 bridgehead atoms. The summed E-state index contributed by atoms with van der Waals surface area (Å²) in [5, 5.41) is 17.4. The van der Waals surface area contributed by atoms with E-state index < -0.39 is 12.1 Å². The van der Waals surface area contributed by atoms with Gasteiger partial charge in [-0.05, 0) is 73.8 Å². The molecule has 242 valence electrons. The van der Waals surface area contributed by atoms with Crippen molar-refractivity contribution in [3.05, 3.63) is 65.2 Å². The van der Waals surface area contributed by atoms with Gasteiger partial charge in [-0.15, -0.1) is 0 Å². The van der Waals surface area contributed by atoms with Gasteiger partial charge in [0, 0.05) is 36.7 Å². The molecule has 7 heteroatoms. The van der Waals surface area contributed by atoms with Crippen molar-refractivity contribution < 1.29 is 19.5 Å². The Morgan fingerprint density at radius 1 is 0.977 bits per heavy atom. The Bertz CT molecular complexity index is 1190. The largest absolute Gasteiger partial charge is 0.391 e. The minimum absolute atomic E-state index is 0.0572. The van der Waals surface area contributed by atoms with Gasteiger partial charge in [-0.25, -0.2) is 0 Å². The Hall–Kier alpha value is -3.19. The van der Waals surface area contributed by atoms with Gasteiger partial charge in [-0.2, -0.15) is 0 Å². The maximum Gasteiger partial charge on any atom is 0.251 e. The standard InChI is InChI=1S/C33H45N3O4.C4H10/c1-23-18-27(22-28(19-23)36-17-9-14-31(36)38)33(40)35-29(21-26-12-7-4-8-13-26)30(37)20-24(2)32(39)34-16-15-25-10-5-3-6-11-25;1-4(2)3/h4,7-8,12-13,18-19,22,24-25,29-30,37H,3,5-6,9-11,14-17,20-21H2,1-2H3,(H,34,39)(H,35,40);4H,1-3H3/t24?,29-,30?;/m0./s1. The lowest BCUT2D eigenvalue weighted by atomic mass is 9.87. The van der Waals surface area contributed by atoms with Crippen LogP contribution in [-0.2, 0) is 16.0 Å². The Morgan fingerprint density at radius 3 is 2.30 bits per heavy atom. The van der Waals surface area contributed by atoms with Crippen LogP contribution in [0.1, 0.15) is 107 Å². The highest BCUT2D eigenvalue weighted by molar-refractivity contribution is 5.99. The summed E-state index contributed by atoms with van der Waals surface area (Å²) in [5.41, 5.74) is 3.06. The molecule has 3 amide bonds. The molecule has 1 aliphatic heterocycles. The van der Waals surface area contributed by atoms with E-state index in [1.54, 1.807) is 17.0 Å². The topological polar surface area (TPSA) is 98.7 Å². The van der Waals surface area contributed by atoms with Gasteiger partial charge >= 0.3 is 0 Å². The summed E-state index contributed by atoms with van der Waals surface area (Å²) >= 11 is 0. The molecule has 7 nitrogen and oxygen atoms in total. The van der Waals surface area contributed by atoms with Crippen LogP contribution < -0.4 is 15.5 Å². The lowest BCUT2D eigenvalue weighted by Gasteiger charge is -2.27. The van der Waals surface area contributed by atoms with Crippen molar-refractivity contribution in [2.45, 2.75) is 111 Å². The number of nitrogens with one attached hydrogen (secondary N) is 2. The molecule has 2 fully saturated rings. The van der Waals surface area contributed by atoms with E-state index in [1.807, 2.05) is 50.2 Å². The summed E-state index contributed by atoms with van der Waals surface area (Å²) in [6.07, 6.45) is 8.51.